The molecular formula is C12H19N3S2. The summed E-state index contributed by atoms with van der Waals surface area (Å²) >= 11 is 4.24. The largest absolute Gasteiger partial charge is 0.296 e. The first-order chi connectivity index (χ1) is 8.17. The van der Waals surface area contributed by atoms with E-state index in [9.17, 15) is 0 Å². The van der Waals surface area contributed by atoms with Crippen molar-refractivity contribution in [2.75, 3.05) is 26.2 Å². The van der Waals surface area contributed by atoms with E-state index >= 15 is 0 Å². The van der Waals surface area contributed by atoms with E-state index in [1.165, 1.54) is 5.56 Å². The average molecular weight is 269 g/mol. The Morgan fingerprint density at radius 1 is 1.18 bits per heavy atom. The molecular weight excluding hydrogens is 250 g/mol. The molecule has 1 aliphatic rings. The van der Waals surface area contributed by atoms with Crippen molar-refractivity contribution in [1.29, 1.82) is 0 Å². The Bertz CT molecular complexity index is 356. The van der Waals surface area contributed by atoms with Crippen LogP contribution in [0, 0.1) is 13.8 Å². The van der Waals surface area contributed by atoms with Crippen LogP contribution in [0.25, 0.3) is 0 Å². The normalized spacial score (nSPS) is 18.5. The van der Waals surface area contributed by atoms with Crippen molar-refractivity contribution in [3.8, 4) is 0 Å². The van der Waals surface area contributed by atoms with E-state index in [4.69, 9.17) is 0 Å². The fraction of sp³-hybridized carbons (Fsp3) is 0.583. The van der Waals surface area contributed by atoms with Gasteiger partial charge >= 0.3 is 0 Å². The molecule has 0 amide bonds. The van der Waals surface area contributed by atoms with Gasteiger partial charge in [0.1, 0.15) is 0 Å². The minimum Gasteiger partial charge on any atom is -0.296 e. The van der Waals surface area contributed by atoms with Gasteiger partial charge in [-0.2, -0.15) is 0 Å². The summed E-state index contributed by atoms with van der Waals surface area (Å²) < 4.78 is 2.29. The number of pyridine rings is 1. The predicted octanol–water partition coefficient (Wildman–Crippen LogP) is 2.31. The van der Waals surface area contributed by atoms with Gasteiger partial charge in [0, 0.05) is 44.1 Å². The zero-order valence-corrected chi connectivity index (χ0v) is 12.1. The van der Waals surface area contributed by atoms with Crippen molar-refractivity contribution in [2.45, 2.75) is 20.4 Å². The van der Waals surface area contributed by atoms with E-state index in [1.807, 2.05) is 0 Å². The molecule has 1 aromatic rings. The molecule has 1 fully saturated rings. The molecule has 2 heterocycles. The van der Waals surface area contributed by atoms with Gasteiger partial charge in [0.05, 0.1) is 0 Å². The van der Waals surface area contributed by atoms with Gasteiger partial charge in [-0.1, -0.05) is 11.7 Å². The summed E-state index contributed by atoms with van der Waals surface area (Å²) in [6, 6.07) is 4.37. The summed E-state index contributed by atoms with van der Waals surface area (Å²) in [5.41, 5.74) is 3.61. The van der Waals surface area contributed by atoms with Crippen molar-refractivity contribution in [3.63, 3.8) is 0 Å². The molecule has 0 spiro atoms. The van der Waals surface area contributed by atoms with Crippen LogP contribution in [0.2, 0.25) is 0 Å². The number of thiol groups is 1. The van der Waals surface area contributed by atoms with E-state index < -0.39 is 0 Å². The van der Waals surface area contributed by atoms with Gasteiger partial charge in [0.25, 0.3) is 0 Å². The number of nitrogens with zero attached hydrogens (tertiary/aromatic N) is 3. The van der Waals surface area contributed by atoms with Crippen LogP contribution in [-0.4, -0.2) is 40.4 Å². The Kier molecular flexibility index (Phi) is 4.73. The number of piperazine rings is 1. The Balaban J connectivity index is 1.93. The molecule has 17 heavy (non-hydrogen) atoms. The van der Waals surface area contributed by atoms with Crippen LogP contribution in [0.15, 0.2) is 12.1 Å². The average Bonchev–Trinajstić information content (AvgIpc) is 2.28. The maximum atomic E-state index is 4.41. The lowest BCUT2D eigenvalue weighted by molar-refractivity contribution is 0.190. The van der Waals surface area contributed by atoms with Crippen LogP contribution >= 0.6 is 22.6 Å². The van der Waals surface area contributed by atoms with E-state index in [0.29, 0.717) is 0 Å². The molecule has 0 radical (unpaired) electrons. The van der Waals surface area contributed by atoms with Crippen molar-refractivity contribution in [2.24, 2.45) is 0 Å². The first-order valence-corrected chi connectivity index (χ1v) is 7.73. The quantitative estimate of drug-likeness (QED) is 0.516. The highest BCUT2D eigenvalue weighted by Crippen LogP contribution is 2.17. The van der Waals surface area contributed by atoms with Gasteiger partial charge in [0.15, 0.2) is 0 Å². The maximum Gasteiger partial charge on any atom is 0.0379 e. The second kappa shape index (κ2) is 6.09. The fourth-order valence-electron chi connectivity index (χ4n) is 2.24. The van der Waals surface area contributed by atoms with Crippen molar-refractivity contribution in [1.82, 2.24) is 14.2 Å². The van der Waals surface area contributed by atoms with Crippen LogP contribution in [-0.2, 0) is 6.54 Å². The molecule has 1 aliphatic heterocycles. The van der Waals surface area contributed by atoms with Crippen LogP contribution in [0.3, 0.4) is 0 Å². The summed E-state index contributed by atoms with van der Waals surface area (Å²) in [5, 5.41) is 0. The minimum atomic E-state index is 1.04. The third-order valence-corrected chi connectivity index (χ3v) is 4.28. The predicted molar refractivity (Wildman–Crippen MR) is 77.1 cm³/mol. The van der Waals surface area contributed by atoms with Crippen molar-refractivity contribution in [3.05, 3.63) is 29.1 Å². The summed E-state index contributed by atoms with van der Waals surface area (Å²) in [7, 11) is 1.55. The Morgan fingerprint density at radius 2 is 1.76 bits per heavy atom. The lowest BCUT2D eigenvalue weighted by atomic mass is 10.2. The minimum absolute atomic E-state index is 1.04. The van der Waals surface area contributed by atoms with Gasteiger partial charge in [-0.3, -0.25) is 9.88 Å². The maximum absolute atomic E-state index is 4.41. The molecule has 0 N–H and O–H groups in total. The topological polar surface area (TPSA) is 19.4 Å². The molecule has 0 aromatic carbocycles. The Morgan fingerprint density at radius 3 is 2.29 bits per heavy atom. The molecule has 5 heteroatoms. The standard InChI is InChI=1S/C12H19N3S2/c1-10-7-12(8-11(2)13-10)9-14-3-5-15(17-16)6-4-14/h7-8,16H,3-6,9H2,1-2H3. The summed E-state index contributed by atoms with van der Waals surface area (Å²) in [4.78, 5) is 6.91. The number of hydrogen-bond donors (Lipinski definition) is 1. The number of hydrogen-bond acceptors (Lipinski definition) is 5. The second-order valence-electron chi connectivity index (χ2n) is 4.54. The Labute approximate surface area is 113 Å². The molecule has 0 unspecified atom stereocenters. The van der Waals surface area contributed by atoms with E-state index in [0.717, 1.165) is 44.1 Å². The van der Waals surface area contributed by atoms with E-state index in [2.05, 4.69) is 51.8 Å². The van der Waals surface area contributed by atoms with E-state index in [-0.39, 0.29) is 0 Å². The molecule has 0 bridgehead atoms. The highest BCUT2D eigenvalue weighted by molar-refractivity contribution is 8.67. The number of aryl methyl sites for hydroxylation is 2. The first-order valence-electron chi connectivity index (χ1n) is 5.90. The molecule has 0 saturated carbocycles. The van der Waals surface area contributed by atoms with Crippen molar-refractivity contribution >= 4 is 22.6 Å². The van der Waals surface area contributed by atoms with Crippen LogP contribution in [0.1, 0.15) is 17.0 Å². The van der Waals surface area contributed by atoms with Crippen LogP contribution in [0.5, 0.6) is 0 Å². The van der Waals surface area contributed by atoms with Gasteiger partial charge < -0.3 is 0 Å². The van der Waals surface area contributed by atoms with Gasteiger partial charge in [-0.15, -0.1) is 0 Å². The smallest absolute Gasteiger partial charge is 0.0379 e. The summed E-state index contributed by atoms with van der Waals surface area (Å²) in [6.45, 7) is 9.59. The number of aromatic nitrogens is 1. The van der Waals surface area contributed by atoms with Gasteiger partial charge in [-0.25, -0.2) is 4.31 Å². The number of rotatable bonds is 3. The van der Waals surface area contributed by atoms with Crippen molar-refractivity contribution < 1.29 is 0 Å². The molecule has 94 valence electrons. The zero-order valence-electron chi connectivity index (χ0n) is 10.4. The second-order valence-corrected chi connectivity index (χ2v) is 5.71. The molecule has 2 rings (SSSR count). The summed E-state index contributed by atoms with van der Waals surface area (Å²) in [6.07, 6.45) is 0. The lowest BCUT2D eigenvalue weighted by Gasteiger charge is -2.32. The lowest BCUT2D eigenvalue weighted by Crippen LogP contribution is -2.42. The third-order valence-electron chi connectivity index (χ3n) is 2.99. The molecule has 1 aromatic heterocycles. The first kappa shape index (κ1) is 13.2. The van der Waals surface area contributed by atoms with E-state index in [1.54, 1.807) is 11.0 Å². The monoisotopic (exact) mass is 269 g/mol. The highest BCUT2D eigenvalue weighted by atomic mass is 33.1. The molecule has 3 nitrogen and oxygen atoms in total. The third kappa shape index (κ3) is 3.88. The molecule has 0 aliphatic carbocycles. The van der Waals surface area contributed by atoms with Gasteiger partial charge in [0.2, 0.25) is 0 Å². The fourth-order valence-corrected chi connectivity index (χ4v) is 3.06. The summed E-state index contributed by atoms with van der Waals surface area (Å²) in [5.74, 6) is 0. The van der Waals surface area contributed by atoms with Crippen LogP contribution in [0.4, 0.5) is 0 Å². The Hall–Kier alpha value is -0.230. The van der Waals surface area contributed by atoms with Crippen LogP contribution < -0.4 is 0 Å². The SMILES string of the molecule is Cc1cc(CN2CCN(SS)CC2)cc(C)n1. The molecule has 1 saturated heterocycles. The highest BCUT2D eigenvalue weighted by Gasteiger charge is 2.16. The zero-order chi connectivity index (χ0) is 12.3. The molecule has 0 atom stereocenters. The van der Waals surface area contributed by atoms with Gasteiger partial charge in [-0.05, 0) is 42.5 Å².